The molecular formula is C21H26O3. The molecule has 0 saturated heterocycles. The Morgan fingerprint density at radius 2 is 1.42 bits per heavy atom. The van der Waals surface area contributed by atoms with Crippen molar-refractivity contribution in [3.8, 4) is 11.1 Å². The van der Waals surface area contributed by atoms with Crippen LogP contribution in [0.25, 0.3) is 11.1 Å². The average Bonchev–Trinajstić information content (AvgIpc) is 2.61. The first kappa shape index (κ1) is 18.2. The molecule has 0 bridgehead atoms. The lowest BCUT2D eigenvalue weighted by atomic mass is 10.0. The van der Waals surface area contributed by atoms with E-state index in [2.05, 4.69) is 36.4 Å². The Hall–Kier alpha value is -2.13. The van der Waals surface area contributed by atoms with Gasteiger partial charge in [0.15, 0.2) is 0 Å². The standard InChI is InChI=1S/C21H26O3/c22-21(23)11-7-2-1-3-8-16-24-17-18-12-14-20(15-13-18)19-9-5-4-6-10-19/h4-6,9-10,12-15H,1-3,7-8,11,16-17H2,(H,22,23). The van der Waals surface area contributed by atoms with E-state index in [1.807, 2.05) is 18.2 Å². The van der Waals surface area contributed by atoms with Crippen LogP contribution in [-0.4, -0.2) is 17.7 Å². The normalized spacial score (nSPS) is 10.7. The van der Waals surface area contributed by atoms with E-state index >= 15 is 0 Å². The van der Waals surface area contributed by atoms with Gasteiger partial charge in [0.25, 0.3) is 0 Å². The Balaban J connectivity index is 1.57. The summed E-state index contributed by atoms with van der Waals surface area (Å²) in [6, 6.07) is 18.9. The van der Waals surface area contributed by atoms with E-state index in [0.717, 1.165) is 38.7 Å². The molecule has 0 fully saturated rings. The van der Waals surface area contributed by atoms with Crippen LogP contribution in [0.2, 0.25) is 0 Å². The van der Waals surface area contributed by atoms with Crippen molar-refractivity contribution < 1.29 is 14.6 Å². The van der Waals surface area contributed by atoms with E-state index < -0.39 is 5.97 Å². The molecule has 3 nitrogen and oxygen atoms in total. The van der Waals surface area contributed by atoms with E-state index in [1.54, 1.807) is 0 Å². The number of aliphatic carboxylic acids is 1. The van der Waals surface area contributed by atoms with Crippen LogP contribution < -0.4 is 0 Å². The molecular weight excluding hydrogens is 300 g/mol. The van der Waals surface area contributed by atoms with Gasteiger partial charge in [-0.1, -0.05) is 73.9 Å². The number of benzene rings is 2. The number of hydrogen-bond donors (Lipinski definition) is 1. The Morgan fingerprint density at radius 3 is 2.12 bits per heavy atom. The lowest BCUT2D eigenvalue weighted by Gasteiger charge is -2.06. The van der Waals surface area contributed by atoms with Crippen molar-refractivity contribution in [2.24, 2.45) is 0 Å². The number of carboxylic acids is 1. The largest absolute Gasteiger partial charge is 0.481 e. The molecule has 0 amide bonds. The summed E-state index contributed by atoms with van der Waals surface area (Å²) in [5.74, 6) is -0.698. The van der Waals surface area contributed by atoms with Crippen LogP contribution in [0.5, 0.6) is 0 Å². The van der Waals surface area contributed by atoms with Crippen molar-refractivity contribution in [2.75, 3.05) is 6.61 Å². The highest BCUT2D eigenvalue weighted by atomic mass is 16.5. The lowest BCUT2D eigenvalue weighted by Crippen LogP contribution is -1.96. The average molecular weight is 326 g/mol. The molecule has 1 N–H and O–H groups in total. The molecule has 128 valence electrons. The fourth-order valence-corrected chi connectivity index (χ4v) is 2.62. The Bertz CT molecular complexity index is 590. The summed E-state index contributed by atoms with van der Waals surface area (Å²) in [6.07, 6.45) is 5.29. The molecule has 0 aliphatic carbocycles. The smallest absolute Gasteiger partial charge is 0.303 e. The SMILES string of the molecule is O=C(O)CCCCCCCOCc1ccc(-c2ccccc2)cc1. The number of unbranched alkanes of at least 4 members (excludes halogenated alkanes) is 4. The molecule has 0 saturated carbocycles. The van der Waals surface area contributed by atoms with Crippen LogP contribution in [-0.2, 0) is 16.1 Å². The number of carbonyl (C=O) groups is 1. The first-order valence-corrected chi connectivity index (χ1v) is 8.69. The third-order valence-electron chi connectivity index (χ3n) is 4.01. The predicted octanol–water partition coefficient (Wildman–Crippen LogP) is 5.30. The maximum absolute atomic E-state index is 10.4. The maximum Gasteiger partial charge on any atom is 0.303 e. The van der Waals surface area contributed by atoms with E-state index in [9.17, 15) is 4.79 Å². The molecule has 2 aromatic carbocycles. The Labute approximate surface area is 144 Å². The van der Waals surface area contributed by atoms with Crippen molar-refractivity contribution in [3.63, 3.8) is 0 Å². The van der Waals surface area contributed by atoms with Gasteiger partial charge in [-0.2, -0.15) is 0 Å². The van der Waals surface area contributed by atoms with Crippen LogP contribution in [0.4, 0.5) is 0 Å². The van der Waals surface area contributed by atoms with Gasteiger partial charge in [0, 0.05) is 13.0 Å². The predicted molar refractivity (Wildman–Crippen MR) is 96.9 cm³/mol. The molecule has 24 heavy (non-hydrogen) atoms. The van der Waals surface area contributed by atoms with Gasteiger partial charge in [-0.05, 0) is 29.5 Å². The zero-order chi connectivity index (χ0) is 17.0. The van der Waals surface area contributed by atoms with Gasteiger partial charge < -0.3 is 9.84 Å². The van der Waals surface area contributed by atoms with Crippen molar-refractivity contribution in [3.05, 3.63) is 60.2 Å². The zero-order valence-electron chi connectivity index (χ0n) is 14.1. The van der Waals surface area contributed by atoms with Gasteiger partial charge in [0.05, 0.1) is 6.61 Å². The van der Waals surface area contributed by atoms with Crippen molar-refractivity contribution in [1.29, 1.82) is 0 Å². The third kappa shape index (κ3) is 6.97. The minimum atomic E-state index is -0.698. The number of rotatable bonds is 11. The molecule has 2 aromatic rings. The highest BCUT2D eigenvalue weighted by Gasteiger charge is 1.99. The van der Waals surface area contributed by atoms with Gasteiger partial charge >= 0.3 is 5.97 Å². The van der Waals surface area contributed by atoms with E-state index in [4.69, 9.17) is 9.84 Å². The first-order chi connectivity index (χ1) is 11.8. The van der Waals surface area contributed by atoms with Gasteiger partial charge in [0.1, 0.15) is 0 Å². The van der Waals surface area contributed by atoms with Crippen LogP contribution >= 0.6 is 0 Å². The minimum Gasteiger partial charge on any atom is -0.481 e. The van der Waals surface area contributed by atoms with Gasteiger partial charge in [-0.3, -0.25) is 4.79 Å². The molecule has 0 unspecified atom stereocenters. The van der Waals surface area contributed by atoms with E-state index in [0.29, 0.717) is 6.61 Å². The highest BCUT2D eigenvalue weighted by molar-refractivity contribution is 5.66. The van der Waals surface area contributed by atoms with Gasteiger partial charge in [0.2, 0.25) is 0 Å². The second kappa shape index (κ2) is 10.6. The minimum absolute atomic E-state index is 0.287. The number of carboxylic acid groups (broad SMARTS) is 1. The van der Waals surface area contributed by atoms with Crippen LogP contribution in [0, 0.1) is 0 Å². The first-order valence-electron chi connectivity index (χ1n) is 8.69. The topological polar surface area (TPSA) is 46.5 Å². The van der Waals surface area contributed by atoms with Gasteiger partial charge in [-0.15, -0.1) is 0 Å². The molecule has 0 aliphatic heterocycles. The quantitative estimate of drug-likeness (QED) is 0.570. The van der Waals surface area contributed by atoms with Gasteiger partial charge in [-0.25, -0.2) is 0 Å². The van der Waals surface area contributed by atoms with Crippen LogP contribution in [0.3, 0.4) is 0 Å². The fraction of sp³-hybridized carbons (Fsp3) is 0.381. The molecule has 0 atom stereocenters. The summed E-state index contributed by atoms with van der Waals surface area (Å²) in [4.78, 5) is 10.4. The van der Waals surface area contributed by atoms with E-state index in [1.165, 1.54) is 16.7 Å². The van der Waals surface area contributed by atoms with Crippen molar-refractivity contribution >= 4 is 5.97 Å². The van der Waals surface area contributed by atoms with Crippen molar-refractivity contribution in [2.45, 2.75) is 45.1 Å². The summed E-state index contributed by atoms with van der Waals surface area (Å²) in [5, 5.41) is 8.56. The number of hydrogen-bond acceptors (Lipinski definition) is 2. The molecule has 0 spiro atoms. The number of ether oxygens (including phenoxy) is 1. The fourth-order valence-electron chi connectivity index (χ4n) is 2.62. The third-order valence-corrected chi connectivity index (χ3v) is 4.01. The molecule has 3 heteroatoms. The molecule has 0 heterocycles. The summed E-state index contributed by atoms with van der Waals surface area (Å²) in [5.41, 5.74) is 3.64. The van der Waals surface area contributed by atoms with E-state index in [-0.39, 0.29) is 6.42 Å². The van der Waals surface area contributed by atoms with Crippen LogP contribution in [0.15, 0.2) is 54.6 Å². The Morgan fingerprint density at radius 1 is 0.792 bits per heavy atom. The molecule has 0 aromatic heterocycles. The molecule has 0 radical (unpaired) electrons. The van der Waals surface area contributed by atoms with Crippen molar-refractivity contribution in [1.82, 2.24) is 0 Å². The maximum atomic E-state index is 10.4. The summed E-state index contributed by atoms with van der Waals surface area (Å²) in [7, 11) is 0. The molecule has 2 rings (SSSR count). The highest BCUT2D eigenvalue weighted by Crippen LogP contribution is 2.19. The second-order valence-corrected chi connectivity index (χ2v) is 6.03. The van der Waals surface area contributed by atoms with Crippen LogP contribution in [0.1, 0.15) is 44.1 Å². The Kier molecular flexibility index (Phi) is 8.05. The summed E-state index contributed by atoms with van der Waals surface area (Å²) in [6.45, 7) is 1.41. The lowest BCUT2D eigenvalue weighted by molar-refractivity contribution is -0.137. The second-order valence-electron chi connectivity index (χ2n) is 6.03. The summed E-state index contributed by atoms with van der Waals surface area (Å²) < 4.78 is 5.72. The molecule has 0 aliphatic rings. The zero-order valence-corrected chi connectivity index (χ0v) is 14.1. The summed E-state index contributed by atoms with van der Waals surface area (Å²) >= 11 is 0. The monoisotopic (exact) mass is 326 g/mol.